The molecule has 2 unspecified atom stereocenters. The van der Waals surface area contributed by atoms with E-state index in [2.05, 4.69) is 0 Å². The topological polar surface area (TPSA) is 0 Å². The van der Waals surface area contributed by atoms with Crippen LogP contribution in [0.2, 0.25) is 0 Å². The van der Waals surface area contributed by atoms with Crippen molar-refractivity contribution < 1.29 is 0 Å². The van der Waals surface area contributed by atoms with Gasteiger partial charge >= 0.3 is 0 Å². The van der Waals surface area contributed by atoms with Gasteiger partial charge in [-0.05, 0) is 49.4 Å². The van der Waals surface area contributed by atoms with E-state index in [1.165, 1.54) is 17.8 Å². The second kappa shape index (κ2) is 3.29. The zero-order valence-electron chi connectivity index (χ0n) is 8.67. The van der Waals surface area contributed by atoms with Crippen LogP contribution < -0.4 is 0 Å². The SMILES string of the molecule is C(CC1CC1)C[C@@H]1CCC2CCC21. The molecule has 0 spiro atoms. The van der Waals surface area contributed by atoms with E-state index in [-0.39, 0.29) is 0 Å². The highest BCUT2D eigenvalue weighted by atomic mass is 14.5. The normalized spacial score (nSPS) is 42.9. The Hall–Kier alpha value is 0. The van der Waals surface area contributed by atoms with E-state index in [1.807, 2.05) is 0 Å². The van der Waals surface area contributed by atoms with Gasteiger partial charge < -0.3 is 0 Å². The van der Waals surface area contributed by atoms with Crippen LogP contribution in [0.25, 0.3) is 0 Å². The minimum atomic E-state index is 1.16. The molecule has 0 radical (unpaired) electrons. The third-order valence-electron chi connectivity index (χ3n) is 4.87. The Morgan fingerprint density at radius 2 is 1.62 bits per heavy atom. The van der Waals surface area contributed by atoms with Gasteiger partial charge in [-0.3, -0.25) is 0 Å². The van der Waals surface area contributed by atoms with E-state index in [9.17, 15) is 0 Å². The second-order valence-corrected chi connectivity index (χ2v) is 5.71. The molecule has 0 nitrogen and oxygen atoms in total. The quantitative estimate of drug-likeness (QED) is 0.610. The van der Waals surface area contributed by atoms with Crippen LogP contribution in [-0.2, 0) is 0 Å². The predicted octanol–water partition coefficient (Wildman–Crippen LogP) is 4.00. The summed E-state index contributed by atoms with van der Waals surface area (Å²) in [6.07, 6.45) is 14.1. The predicted molar refractivity (Wildman–Crippen MR) is 55.5 cm³/mol. The summed E-state index contributed by atoms with van der Waals surface area (Å²) in [6, 6.07) is 0. The molecule has 0 saturated heterocycles. The maximum absolute atomic E-state index is 1.58. The van der Waals surface area contributed by atoms with Gasteiger partial charge in [0.25, 0.3) is 0 Å². The van der Waals surface area contributed by atoms with Crippen LogP contribution in [0, 0.1) is 23.7 Å². The summed E-state index contributed by atoms with van der Waals surface area (Å²) >= 11 is 0. The van der Waals surface area contributed by atoms with Gasteiger partial charge in [0.15, 0.2) is 0 Å². The molecule has 13 heavy (non-hydrogen) atoms. The van der Waals surface area contributed by atoms with E-state index in [0.717, 1.165) is 5.92 Å². The largest absolute Gasteiger partial charge is 0.0528 e. The van der Waals surface area contributed by atoms with E-state index < -0.39 is 0 Å². The Kier molecular flexibility index (Phi) is 2.11. The average molecular weight is 178 g/mol. The lowest BCUT2D eigenvalue weighted by Gasteiger charge is -2.34. The van der Waals surface area contributed by atoms with Crippen LogP contribution in [-0.4, -0.2) is 0 Å². The third kappa shape index (κ3) is 1.65. The zero-order chi connectivity index (χ0) is 8.67. The lowest BCUT2D eigenvalue weighted by molar-refractivity contribution is 0.163. The molecule has 0 aromatic rings. The first-order valence-corrected chi connectivity index (χ1v) is 6.43. The monoisotopic (exact) mass is 178 g/mol. The van der Waals surface area contributed by atoms with Crippen LogP contribution in [0.1, 0.15) is 57.8 Å². The van der Waals surface area contributed by atoms with Gasteiger partial charge in [-0.25, -0.2) is 0 Å². The summed E-state index contributed by atoms with van der Waals surface area (Å²) in [7, 11) is 0. The maximum Gasteiger partial charge on any atom is -0.0357 e. The van der Waals surface area contributed by atoms with Crippen molar-refractivity contribution in [1.82, 2.24) is 0 Å². The van der Waals surface area contributed by atoms with Crippen molar-refractivity contribution in [3.63, 3.8) is 0 Å². The van der Waals surface area contributed by atoms with Crippen molar-refractivity contribution in [1.29, 1.82) is 0 Å². The summed E-state index contributed by atoms with van der Waals surface area (Å²) in [5.41, 5.74) is 0. The van der Waals surface area contributed by atoms with E-state index >= 15 is 0 Å². The molecule has 3 rings (SSSR count). The number of hydrogen-bond acceptors (Lipinski definition) is 0. The van der Waals surface area contributed by atoms with Gasteiger partial charge in [0.2, 0.25) is 0 Å². The van der Waals surface area contributed by atoms with Gasteiger partial charge in [0.05, 0.1) is 0 Å². The highest BCUT2D eigenvalue weighted by Gasteiger charge is 2.41. The summed E-state index contributed by atoms with van der Waals surface area (Å²) in [6.45, 7) is 0. The molecule has 0 amide bonds. The van der Waals surface area contributed by atoms with Crippen molar-refractivity contribution in [2.45, 2.75) is 57.8 Å². The molecule has 3 saturated carbocycles. The Morgan fingerprint density at radius 3 is 2.23 bits per heavy atom. The van der Waals surface area contributed by atoms with Gasteiger partial charge in [0.1, 0.15) is 0 Å². The molecule has 0 heterocycles. The maximum atomic E-state index is 1.58. The van der Waals surface area contributed by atoms with Crippen LogP contribution in [0.15, 0.2) is 0 Å². The second-order valence-electron chi connectivity index (χ2n) is 5.71. The first kappa shape index (κ1) is 8.32. The van der Waals surface area contributed by atoms with Crippen LogP contribution >= 0.6 is 0 Å². The van der Waals surface area contributed by atoms with E-state index in [4.69, 9.17) is 0 Å². The summed E-state index contributed by atoms with van der Waals surface area (Å²) in [4.78, 5) is 0. The fourth-order valence-corrected chi connectivity index (χ4v) is 3.65. The van der Waals surface area contributed by atoms with E-state index in [0.29, 0.717) is 0 Å². The smallest absolute Gasteiger partial charge is 0.0357 e. The number of fused-ring (bicyclic) bond motifs is 1. The Balaban J connectivity index is 1.39. The van der Waals surface area contributed by atoms with Crippen molar-refractivity contribution in [2.24, 2.45) is 23.7 Å². The van der Waals surface area contributed by atoms with Crippen LogP contribution in [0.4, 0.5) is 0 Å². The Morgan fingerprint density at radius 1 is 0.769 bits per heavy atom. The van der Waals surface area contributed by atoms with Crippen molar-refractivity contribution in [3.8, 4) is 0 Å². The minimum absolute atomic E-state index is 1.16. The first-order valence-electron chi connectivity index (χ1n) is 6.43. The van der Waals surface area contributed by atoms with Crippen molar-refractivity contribution >= 4 is 0 Å². The van der Waals surface area contributed by atoms with Crippen molar-refractivity contribution in [3.05, 3.63) is 0 Å². The molecule has 3 aliphatic carbocycles. The summed E-state index contributed by atoms with van der Waals surface area (Å²) < 4.78 is 0. The van der Waals surface area contributed by atoms with Gasteiger partial charge in [-0.15, -0.1) is 0 Å². The van der Waals surface area contributed by atoms with Crippen LogP contribution in [0.5, 0.6) is 0 Å². The molecule has 3 atom stereocenters. The highest BCUT2D eigenvalue weighted by molar-refractivity contribution is 4.92. The molecule has 0 aliphatic heterocycles. The average Bonchev–Trinajstić information content (AvgIpc) is 2.81. The number of hydrogen-bond donors (Lipinski definition) is 0. The fourth-order valence-electron chi connectivity index (χ4n) is 3.65. The molecular weight excluding hydrogens is 156 g/mol. The van der Waals surface area contributed by atoms with E-state index in [1.54, 1.807) is 57.8 Å². The molecule has 0 heteroatoms. The molecule has 0 aromatic heterocycles. The third-order valence-corrected chi connectivity index (χ3v) is 4.87. The lowest BCUT2D eigenvalue weighted by atomic mass is 9.71. The molecule has 3 fully saturated rings. The lowest BCUT2D eigenvalue weighted by Crippen LogP contribution is -2.24. The van der Waals surface area contributed by atoms with Crippen LogP contribution in [0.3, 0.4) is 0 Å². The number of rotatable bonds is 4. The van der Waals surface area contributed by atoms with Gasteiger partial charge in [0, 0.05) is 0 Å². The molecule has 0 aromatic carbocycles. The fraction of sp³-hybridized carbons (Fsp3) is 1.00. The molecule has 74 valence electrons. The minimum Gasteiger partial charge on any atom is -0.0528 e. The summed E-state index contributed by atoms with van der Waals surface area (Å²) in [5.74, 6) is 4.71. The Bertz CT molecular complexity index is 180. The summed E-state index contributed by atoms with van der Waals surface area (Å²) in [5, 5.41) is 0. The molecule has 0 N–H and O–H groups in total. The zero-order valence-corrected chi connectivity index (χ0v) is 8.67. The highest BCUT2D eigenvalue weighted by Crippen LogP contribution is 2.52. The Labute approximate surface area is 82.1 Å². The first-order chi connectivity index (χ1) is 6.43. The van der Waals surface area contributed by atoms with Crippen molar-refractivity contribution in [2.75, 3.05) is 0 Å². The molecule has 0 bridgehead atoms. The molecular formula is C13H22. The molecule has 3 aliphatic rings. The van der Waals surface area contributed by atoms with Gasteiger partial charge in [-0.1, -0.05) is 32.1 Å². The standard InChI is InChI=1S/C13H22/c1(2-10-4-5-10)3-11-6-7-12-8-9-13(11)12/h10-13H,1-9H2/t11-,12?,13?/m1/s1. The van der Waals surface area contributed by atoms with Gasteiger partial charge in [-0.2, -0.15) is 0 Å².